The van der Waals surface area contributed by atoms with Crippen LogP contribution >= 0.6 is 11.6 Å². The maximum atomic E-state index is 10.7. The summed E-state index contributed by atoms with van der Waals surface area (Å²) >= 11 is 5.86. The Balaban J connectivity index is 2.00. The molecule has 2 atom stereocenters. The average Bonchev–Trinajstić information content (AvgIpc) is 2.91. The van der Waals surface area contributed by atoms with Crippen LogP contribution in [-0.4, -0.2) is 17.6 Å². The summed E-state index contributed by atoms with van der Waals surface area (Å²) in [5.41, 5.74) is 1.03. The molecule has 0 radical (unpaired) electrons. The summed E-state index contributed by atoms with van der Waals surface area (Å²) in [6.45, 7) is 3.16. The summed E-state index contributed by atoms with van der Waals surface area (Å²) in [7, 11) is 0. The van der Waals surface area contributed by atoms with Gasteiger partial charge in [-0.2, -0.15) is 0 Å². The van der Waals surface area contributed by atoms with E-state index in [1.54, 1.807) is 12.1 Å². The summed E-state index contributed by atoms with van der Waals surface area (Å²) in [6, 6.07) is 4.95. The molecule has 0 saturated heterocycles. The van der Waals surface area contributed by atoms with Crippen molar-refractivity contribution in [3.8, 4) is 0 Å². The number of carboxylic acid groups (broad SMARTS) is 1. The van der Waals surface area contributed by atoms with Crippen LogP contribution in [-0.2, 0) is 0 Å². The third kappa shape index (κ3) is 2.47. The number of hydrogen-bond donors (Lipinski definition) is 2. The lowest BCUT2D eigenvalue weighted by molar-refractivity contribution is 0.0697. The third-order valence-electron chi connectivity index (χ3n) is 3.04. The minimum Gasteiger partial charge on any atom is -0.478 e. The van der Waals surface area contributed by atoms with Crippen molar-refractivity contribution in [1.82, 2.24) is 0 Å². The summed E-state index contributed by atoms with van der Waals surface area (Å²) < 4.78 is 0. The van der Waals surface area contributed by atoms with Gasteiger partial charge in [-0.1, -0.05) is 18.5 Å². The van der Waals surface area contributed by atoms with Crippen molar-refractivity contribution in [1.29, 1.82) is 0 Å². The fraction of sp³-hybridized carbons (Fsp3) is 0.417. The monoisotopic (exact) mass is 239 g/mol. The van der Waals surface area contributed by atoms with Gasteiger partial charge in [0.15, 0.2) is 0 Å². The molecule has 0 bridgehead atoms. The molecule has 0 heterocycles. The van der Waals surface area contributed by atoms with Crippen LogP contribution in [0.2, 0.25) is 5.02 Å². The van der Waals surface area contributed by atoms with Crippen molar-refractivity contribution in [2.45, 2.75) is 13.3 Å². The molecule has 0 amide bonds. The molecule has 1 aromatic carbocycles. The van der Waals surface area contributed by atoms with Gasteiger partial charge in [0.2, 0.25) is 0 Å². The van der Waals surface area contributed by atoms with Crippen LogP contribution in [0, 0.1) is 11.8 Å². The van der Waals surface area contributed by atoms with Gasteiger partial charge in [-0.25, -0.2) is 4.79 Å². The predicted molar refractivity (Wildman–Crippen MR) is 64.2 cm³/mol. The van der Waals surface area contributed by atoms with E-state index in [9.17, 15) is 4.79 Å². The predicted octanol–water partition coefficient (Wildman–Crippen LogP) is 3.11. The van der Waals surface area contributed by atoms with E-state index < -0.39 is 5.97 Å². The molecule has 86 valence electrons. The Morgan fingerprint density at radius 1 is 1.62 bits per heavy atom. The van der Waals surface area contributed by atoms with E-state index in [1.807, 2.05) is 0 Å². The van der Waals surface area contributed by atoms with Crippen molar-refractivity contribution >= 4 is 23.3 Å². The number of anilines is 1. The molecule has 2 rings (SSSR count). The Bertz CT molecular complexity index is 419. The Kier molecular flexibility index (Phi) is 3.06. The van der Waals surface area contributed by atoms with E-state index in [0.29, 0.717) is 0 Å². The number of hydrogen-bond acceptors (Lipinski definition) is 2. The quantitative estimate of drug-likeness (QED) is 0.849. The standard InChI is InChI=1S/C12H14ClNO2/c1-7-4-8(7)6-14-9-2-3-10(12(15)16)11(13)5-9/h2-3,5,7-8,14H,4,6H2,1H3,(H,15,16). The number of aromatic carboxylic acids is 1. The summed E-state index contributed by atoms with van der Waals surface area (Å²) in [5.74, 6) is 0.562. The van der Waals surface area contributed by atoms with Gasteiger partial charge >= 0.3 is 5.97 Å². The molecule has 1 aliphatic carbocycles. The molecule has 3 nitrogen and oxygen atoms in total. The first kappa shape index (κ1) is 11.3. The molecule has 16 heavy (non-hydrogen) atoms. The maximum absolute atomic E-state index is 10.7. The van der Waals surface area contributed by atoms with Crippen molar-refractivity contribution < 1.29 is 9.90 Å². The first-order valence-corrected chi connectivity index (χ1v) is 5.72. The SMILES string of the molecule is CC1CC1CNc1ccc(C(=O)O)c(Cl)c1. The van der Waals surface area contributed by atoms with Crippen LogP contribution in [0.4, 0.5) is 5.69 Å². The Labute approximate surface area is 99.4 Å². The Morgan fingerprint density at radius 3 is 2.81 bits per heavy atom. The first-order chi connectivity index (χ1) is 7.58. The van der Waals surface area contributed by atoms with Crippen molar-refractivity contribution in [2.24, 2.45) is 11.8 Å². The highest BCUT2D eigenvalue weighted by atomic mass is 35.5. The van der Waals surface area contributed by atoms with Crippen LogP contribution in [0.15, 0.2) is 18.2 Å². The summed E-state index contributed by atoms with van der Waals surface area (Å²) in [5, 5.41) is 12.4. The van der Waals surface area contributed by atoms with E-state index in [2.05, 4.69) is 12.2 Å². The molecule has 0 aliphatic heterocycles. The van der Waals surface area contributed by atoms with Crippen molar-refractivity contribution in [2.75, 3.05) is 11.9 Å². The molecule has 2 N–H and O–H groups in total. The number of benzene rings is 1. The zero-order valence-electron chi connectivity index (χ0n) is 9.03. The van der Waals surface area contributed by atoms with Crippen molar-refractivity contribution in [3.05, 3.63) is 28.8 Å². The number of nitrogens with one attached hydrogen (secondary N) is 1. The number of carboxylic acids is 1. The van der Waals surface area contributed by atoms with Gasteiger partial charge in [0.1, 0.15) is 0 Å². The van der Waals surface area contributed by atoms with Gasteiger partial charge in [-0.3, -0.25) is 0 Å². The molecule has 0 aromatic heterocycles. The largest absolute Gasteiger partial charge is 0.478 e. The zero-order chi connectivity index (χ0) is 11.7. The second kappa shape index (κ2) is 4.34. The highest BCUT2D eigenvalue weighted by Gasteiger charge is 2.31. The molecule has 0 spiro atoms. The second-order valence-electron chi connectivity index (χ2n) is 4.35. The normalized spacial score (nSPS) is 22.9. The smallest absolute Gasteiger partial charge is 0.337 e. The van der Waals surface area contributed by atoms with Crippen LogP contribution in [0.5, 0.6) is 0 Å². The van der Waals surface area contributed by atoms with Gasteiger partial charge < -0.3 is 10.4 Å². The van der Waals surface area contributed by atoms with E-state index in [1.165, 1.54) is 12.5 Å². The average molecular weight is 240 g/mol. The third-order valence-corrected chi connectivity index (χ3v) is 3.36. The minimum absolute atomic E-state index is 0.145. The summed E-state index contributed by atoms with van der Waals surface area (Å²) in [6.07, 6.45) is 1.27. The first-order valence-electron chi connectivity index (χ1n) is 5.34. The van der Waals surface area contributed by atoms with Crippen molar-refractivity contribution in [3.63, 3.8) is 0 Å². The lowest BCUT2D eigenvalue weighted by Gasteiger charge is -2.07. The molecule has 1 saturated carbocycles. The van der Waals surface area contributed by atoms with Gasteiger partial charge in [0, 0.05) is 12.2 Å². The fourth-order valence-corrected chi connectivity index (χ4v) is 1.99. The van der Waals surface area contributed by atoms with Gasteiger partial charge in [0.25, 0.3) is 0 Å². The molecule has 1 aromatic rings. The molecule has 1 aliphatic rings. The lowest BCUT2D eigenvalue weighted by Crippen LogP contribution is -2.05. The van der Waals surface area contributed by atoms with E-state index in [-0.39, 0.29) is 10.6 Å². The van der Waals surface area contributed by atoms with E-state index >= 15 is 0 Å². The lowest BCUT2D eigenvalue weighted by atomic mass is 10.2. The van der Waals surface area contributed by atoms with Gasteiger partial charge in [-0.05, 0) is 36.5 Å². The number of rotatable bonds is 4. The highest BCUT2D eigenvalue weighted by Crippen LogP contribution is 2.37. The van der Waals surface area contributed by atoms with Gasteiger partial charge in [-0.15, -0.1) is 0 Å². The minimum atomic E-state index is -0.993. The molecule has 1 fully saturated rings. The summed E-state index contributed by atoms with van der Waals surface area (Å²) in [4.78, 5) is 10.7. The topological polar surface area (TPSA) is 49.3 Å². The Morgan fingerprint density at radius 2 is 2.31 bits per heavy atom. The maximum Gasteiger partial charge on any atom is 0.337 e. The van der Waals surface area contributed by atoms with E-state index in [0.717, 1.165) is 24.1 Å². The zero-order valence-corrected chi connectivity index (χ0v) is 9.79. The number of halogens is 1. The second-order valence-corrected chi connectivity index (χ2v) is 4.76. The van der Waals surface area contributed by atoms with Crippen LogP contribution in [0.3, 0.4) is 0 Å². The molecule has 4 heteroatoms. The van der Waals surface area contributed by atoms with Gasteiger partial charge in [0.05, 0.1) is 10.6 Å². The molecule has 2 unspecified atom stereocenters. The Hall–Kier alpha value is -1.22. The number of carbonyl (C=O) groups is 1. The van der Waals surface area contributed by atoms with E-state index in [4.69, 9.17) is 16.7 Å². The highest BCUT2D eigenvalue weighted by molar-refractivity contribution is 6.33. The molecular formula is C12H14ClNO2. The fourth-order valence-electron chi connectivity index (χ4n) is 1.73. The van der Waals surface area contributed by atoms with Crippen LogP contribution in [0.25, 0.3) is 0 Å². The van der Waals surface area contributed by atoms with Crippen LogP contribution < -0.4 is 5.32 Å². The molecular weight excluding hydrogens is 226 g/mol. The van der Waals surface area contributed by atoms with Crippen LogP contribution in [0.1, 0.15) is 23.7 Å².